The molecule has 0 atom stereocenters. The Bertz CT molecular complexity index is 485. The standard InChI is InChI=1S/C14H21N3O3/c1-4-10(5-2)9-16-14(18)11-7-6-8-12(15-3)13(11)17(19)20/h6-8,10,15H,4-5,9H2,1-3H3,(H,16,18). The van der Waals surface area contributed by atoms with Gasteiger partial charge in [0.15, 0.2) is 0 Å². The molecule has 20 heavy (non-hydrogen) atoms. The predicted molar refractivity (Wildman–Crippen MR) is 79.0 cm³/mol. The molecule has 1 aromatic carbocycles. The molecule has 0 saturated heterocycles. The minimum absolute atomic E-state index is 0.0906. The summed E-state index contributed by atoms with van der Waals surface area (Å²) < 4.78 is 0. The lowest BCUT2D eigenvalue weighted by Crippen LogP contribution is -2.29. The molecule has 0 radical (unpaired) electrons. The SMILES string of the molecule is CCC(CC)CNC(=O)c1cccc(NC)c1[N+](=O)[O-]. The third kappa shape index (κ3) is 3.69. The van der Waals surface area contributed by atoms with Crippen LogP contribution in [0.15, 0.2) is 18.2 Å². The summed E-state index contributed by atoms with van der Waals surface area (Å²) in [6.45, 7) is 4.65. The minimum atomic E-state index is -0.530. The van der Waals surface area contributed by atoms with Gasteiger partial charge in [0, 0.05) is 13.6 Å². The van der Waals surface area contributed by atoms with Crippen LogP contribution in [0.25, 0.3) is 0 Å². The van der Waals surface area contributed by atoms with Gasteiger partial charge in [-0.05, 0) is 18.1 Å². The highest BCUT2D eigenvalue weighted by molar-refractivity contribution is 6.00. The molecule has 2 N–H and O–H groups in total. The molecule has 0 bridgehead atoms. The molecule has 0 aliphatic carbocycles. The second-order valence-electron chi connectivity index (χ2n) is 4.60. The zero-order valence-corrected chi connectivity index (χ0v) is 12.1. The van der Waals surface area contributed by atoms with Gasteiger partial charge in [0.25, 0.3) is 5.91 Å². The smallest absolute Gasteiger partial charge is 0.305 e. The van der Waals surface area contributed by atoms with Crippen molar-refractivity contribution in [3.63, 3.8) is 0 Å². The van der Waals surface area contributed by atoms with Crippen molar-refractivity contribution in [2.24, 2.45) is 5.92 Å². The number of nitro groups is 1. The van der Waals surface area contributed by atoms with E-state index >= 15 is 0 Å². The van der Waals surface area contributed by atoms with Crippen molar-refractivity contribution in [3.05, 3.63) is 33.9 Å². The fourth-order valence-electron chi connectivity index (χ4n) is 2.03. The normalized spacial score (nSPS) is 10.4. The Morgan fingerprint density at radius 1 is 1.35 bits per heavy atom. The number of amides is 1. The van der Waals surface area contributed by atoms with Crippen LogP contribution in [0.5, 0.6) is 0 Å². The van der Waals surface area contributed by atoms with Gasteiger partial charge in [0.05, 0.1) is 4.92 Å². The number of nitrogens with zero attached hydrogens (tertiary/aromatic N) is 1. The molecular weight excluding hydrogens is 258 g/mol. The van der Waals surface area contributed by atoms with Crippen molar-refractivity contribution in [1.82, 2.24) is 5.32 Å². The van der Waals surface area contributed by atoms with Crippen LogP contribution in [0, 0.1) is 16.0 Å². The van der Waals surface area contributed by atoms with E-state index in [9.17, 15) is 14.9 Å². The molecule has 6 heteroatoms. The van der Waals surface area contributed by atoms with Crippen molar-refractivity contribution in [2.45, 2.75) is 26.7 Å². The molecule has 0 saturated carbocycles. The van der Waals surface area contributed by atoms with Gasteiger partial charge in [-0.15, -0.1) is 0 Å². The molecule has 1 aromatic rings. The number of hydrogen-bond acceptors (Lipinski definition) is 4. The van der Waals surface area contributed by atoms with Gasteiger partial charge in [-0.25, -0.2) is 0 Å². The van der Waals surface area contributed by atoms with Crippen molar-refractivity contribution in [1.29, 1.82) is 0 Å². The third-order valence-electron chi connectivity index (χ3n) is 3.44. The summed E-state index contributed by atoms with van der Waals surface area (Å²) in [5.74, 6) is -0.00816. The molecule has 0 aliphatic heterocycles. The van der Waals surface area contributed by atoms with Crippen LogP contribution in [0.3, 0.4) is 0 Å². The summed E-state index contributed by atoms with van der Waals surface area (Å²) in [6, 6.07) is 4.68. The number of rotatable bonds is 7. The third-order valence-corrected chi connectivity index (χ3v) is 3.44. The average molecular weight is 279 g/mol. The average Bonchev–Trinajstić information content (AvgIpc) is 2.46. The molecule has 6 nitrogen and oxygen atoms in total. The molecule has 1 rings (SSSR count). The van der Waals surface area contributed by atoms with E-state index in [2.05, 4.69) is 24.5 Å². The van der Waals surface area contributed by atoms with Crippen LogP contribution >= 0.6 is 0 Å². The lowest BCUT2D eigenvalue weighted by Gasteiger charge is -2.13. The second-order valence-corrected chi connectivity index (χ2v) is 4.60. The number of benzene rings is 1. The van der Waals surface area contributed by atoms with Crippen molar-refractivity contribution >= 4 is 17.3 Å². The zero-order chi connectivity index (χ0) is 15.1. The monoisotopic (exact) mass is 279 g/mol. The van der Waals surface area contributed by atoms with Crippen LogP contribution in [0.4, 0.5) is 11.4 Å². The molecule has 0 unspecified atom stereocenters. The quantitative estimate of drug-likeness (QED) is 0.593. The van der Waals surface area contributed by atoms with Crippen molar-refractivity contribution in [3.8, 4) is 0 Å². The van der Waals surface area contributed by atoms with Gasteiger partial charge in [0.1, 0.15) is 11.3 Å². The van der Waals surface area contributed by atoms with Crippen molar-refractivity contribution < 1.29 is 9.72 Å². The molecule has 0 aromatic heterocycles. The van der Waals surface area contributed by atoms with Crippen LogP contribution in [-0.4, -0.2) is 24.4 Å². The maximum absolute atomic E-state index is 12.1. The molecule has 0 fully saturated rings. The summed E-state index contributed by atoms with van der Waals surface area (Å²) in [5.41, 5.74) is 0.245. The first-order valence-electron chi connectivity index (χ1n) is 6.78. The number of anilines is 1. The Balaban J connectivity index is 2.95. The van der Waals surface area contributed by atoms with Crippen LogP contribution in [0.2, 0.25) is 0 Å². The number of nitrogens with one attached hydrogen (secondary N) is 2. The summed E-state index contributed by atoms with van der Waals surface area (Å²) in [7, 11) is 1.59. The van der Waals surface area contributed by atoms with Gasteiger partial charge >= 0.3 is 5.69 Å². The van der Waals surface area contributed by atoms with Crippen LogP contribution < -0.4 is 10.6 Å². The Labute approximate surface area is 118 Å². The molecular formula is C14H21N3O3. The highest BCUT2D eigenvalue weighted by atomic mass is 16.6. The van der Waals surface area contributed by atoms with Gasteiger partial charge < -0.3 is 10.6 Å². The Morgan fingerprint density at radius 3 is 2.50 bits per heavy atom. The van der Waals surface area contributed by atoms with Crippen molar-refractivity contribution in [2.75, 3.05) is 18.9 Å². The van der Waals surface area contributed by atoms with E-state index in [-0.39, 0.29) is 11.3 Å². The summed E-state index contributed by atoms with van der Waals surface area (Å²) in [6.07, 6.45) is 1.94. The number of hydrogen-bond donors (Lipinski definition) is 2. The van der Waals surface area contributed by atoms with E-state index in [0.29, 0.717) is 18.2 Å². The summed E-state index contributed by atoms with van der Waals surface area (Å²) >= 11 is 0. The van der Waals surface area contributed by atoms with E-state index in [0.717, 1.165) is 12.8 Å². The largest absolute Gasteiger partial charge is 0.383 e. The fraction of sp³-hybridized carbons (Fsp3) is 0.500. The van der Waals surface area contributed by atoms with Gasteiger partial charge in [0.2, 0.25) is 0 Å². The molecule has 0 spiro atoms. The Morgan fingerprint density at radius 2 is 2.00 bits per heavy atom. The van der Waals surface area contributed by atoms with E-state index in [1.165, 1.54) is 6.07 Å². The van der Waals surface area contributed by atoms with Gasteiger partial charge in [-0.2, -0.15) is 0 Å². The maximum atomic E-state index is 12.1. The minimum Gasteiger partial charge on any atom is -0.383 e. The lowest BCUT2D eigenvalue weighted by molar-refractivity contribution is -0.384. The fourth-order valence-corrected chi connectivity index (χ4v) is 2.03. The highest BCUT2D eigenvalue weighted by Gasteiger charge is 2.24. The number of nitro benzene ring substituents is 1. The number of carbonyl (C=O) groups is 1. The molecule has 1 amide bonds. The van der Waals surface area contributed by atoms with Crippen LogP contribution in [0.1, 0.15) is 37.0 Å². The highest BCUT2D eigenvalue weighted by Crippen LogP contribution is 2.28. The molecule has 0 heterocycles. The number of para-hydroxylation sites is 1. The van der Waals surface area contributed by atoms with E-state index in [4.69, 9.17) is 0 Å². The Kier molecular flexibility index (Phi) is 5.96. The van der Waals surface area contributed by atoms with Gasteiger partial charge in [-0.1, -0.05) is 32.8 Å². The first-order chi connectivity index (χ1) is 9.54. The van der Waals surface area contributed by atoms with Gasteiger partial charge in [-0.3, -0.25) is 14.9 Å². The lowest BCUT2D eigenvalue weighted by atomic mass is 10.0. The van der Waals surface area contributed by atoms with E-state index < -0.39 is 10.8 Å². The first-order valence-corrected chi connectivity index (χ1v) is 6.78. The summed E-state index contributed by atoms with van der Waals surface area (Å²) in [5, 5.41) is 16.7. The summed E-state index contributed by atoms with van der Waals surface area (Å²) in [4.78, 5) is 22.7. The van der Waals surface area contributed by atoms with Crippen LogP contribution in [-0.2, 0) is 0 Å². The number of carbonyl (C=O) groups excluding carboxylic acids is 1. The maximum Gasteiger partial charge on any atom is 0.305 e. The topological polar surface area (TPSA) is 84.3 Å². The Hall–Kier alpha value is -2.11. The molecule has 110 valence electrons. The van der Waals surface area contributed by atoms with E-state index in [1.54, 1.807) is 19.2 Å². The molecule has 0 aliphatic rings. The predicted octanol–water partition coefficient (Wildman–Crippen LogP) is 2.80. The first kappa shape index (κ1) is 15.9. The van der Waals surface area contributed by atoms with E-state index in [1.807, 2.05) is 0 Å². The second kappa shape index (κ2) is 7.47. The zero-order valence-electron chi connectivity index (χ0n) is 12.1.